The number of furan rings is 1. The lowest BCUT2D eigenvalue weighted by atomic mass is 10.2. The maximum atomic E-state index is 11.9. The quantitative estimate of drug-likeness (QED) is 0.725. The van der Waals surface area contributed by atoms with Gasteiger partial charge in [0.25, 0.3) is 5.56 Å². The molecule has 7 heteroatoms. The predicted octanol–water partition coefficient (Wildman–Crippen LogP) is 0.712. The third-order valence-electron chi connectivity index (χ3n) is 2.76. The molecule has 0 aliphatic rings. The first-order valence-corrected chi connectivity index (χ1v) is 6.52. The SMILES string of the molecule is CN(C)CCCNc1nnc(Cc2ccco2)c(=O)[nH]1. The Bertz CT molecular complexity index is 577. The Morgan fingerprint density at radius 2 is 2.25 bits per heavy atom. The van der Waals surface area contributed by atoms with Crippen LogP contribution in [0.3, 0.4) is 0 Å². The molecule has 0 aliphatic heterocycles. The average molecular weight is 277 g/mol. The van der Waals surface area contributed by atoms with Crippen LogP contribution in [-0.2, 0) is 6.42 Å². The number of H-pyrrole nitrogens is 1. The van der Waals surface area contributed by atoms with Crippen LogP contribution in [0.2, 0.25) is 0 Å². The van der Waals surface area contributed by atoms with Crippen molar-refractivity contribution in [2.75, 3.05) is 32.5 Å². The highest BCUT2D eigenvalue weighted by Crippen LogP contribution is 2.04. The fourth-order valence-electron chi connectivity index (χ4n) is 1.74. The lowest BCUT2D eigenvalue weighted by Crippen LogP contribution is -2.21. The molecule has 0 atom stereocenters. The molecule has 2 N–H and O–H groups in total. The number of aromatic nitrogens is 3. The van der Waals surface area contributed by atoms with Crippen LogP contribution in [0.1, 0.15) is 17.9 Å². The van der Waals surface area contributed by atoms with E-state index < -0.39 is 0 Å². The van der Waals surface area contributed by atoms with E-state index in [0.29, 0.717) is 23.8 Å². The Balaban J connectivity index is 1.90. The van der Waals surface area contributed by atoms with E-state index in [9.17, 15) is 4.79 Å². The minimum atomic E-state index is -0.244. The van der Waals surface area contributed by atoms with Crippen molar-refractivity contribution in [3.63, 3.8) is 0 Å². The molecule has 0 aromatic carbocycles. The average Bonchev–Trinajstić information content (AvgIpc) is 2.90. The van der Waals surface area contributed by atoms with Gasteiger partial charge in [-0.1, -0.05) is 0 Å². The molecule has 2 aromatic heterocycles. The molecule has 0 saturated heterocycles. The van der Waals surface area contributed by atoms with Gasteiger partial charge in [-0.25, -0.2) is 0 Å². The predicted molar refractivity (Wildman–Crippen MR) is 75.8 cm³/mol. The monoisotopic (exact) mass is 277 g/mol. The Hall–Kier alpha value is -2.15. The first-order chi connectivity index (χ1) is 9.65. The van der Waals surface area contributed by atoms with E-state index in [1.807, 2.05) is 14.1 Å². The van der Waals surface area contributed by atoms with Gasteiger partial charge in [-0.2, -0.15) is 0 Å². The normalized spacial score (nSPS) is 10.9. The van der Waals surface area contributed by atoms with Gasteiger partial charge in [-0.05, 0) is 39.2 Å². The Morgan fingerprint density at radius 1 is 1.40 bits per heavy atom. The van der Waals surface area contributed by atoms with Gasteiger partial charge in [-0.3, -0.25) is 9.78 Å². The van der Waals surface area contributed by atoms with Gasteiger partial charge in [0.2, 0.25) is 5.95 Å². The Kier molecular flexibility index (Phi) is 4.89. The van der Waals surface area contributed by atoms with Crippen LogP contribution < -0.4 is 10.9 Å². The fraction of sp³-hybridized carbons (Fsp3) is 0.462. The summed E-state index contributed by atoms with van der Waals surface area (Å²) in [7, 11) is 4.04. The van der Waals surface area contributed by atoms with E-state index in [0.717, 1.165) is 19.5 Å². The highest BCUT2D eigenvalue weighted by Gasteiger charge is 2.07. The van der Waals surface area contributed by atoms with E-state index in [4.69, 9.17) is 4.42 Å². The van der Waals surface area contributed by atoms with E-state index >= 15 is 0 Å². The zero-order chi connectivity index (χ0) is 14.4. The number of hydrogen-bond donors (Lipinski definition) is 2. The molecular weight excluding hydrogens is 258 g/mol. The molecule has 2 rings (SSSR count). The van der Waals surface area contributed by atoms with Crippen molar-refractivity contribution < 1.29 is 4.42 Å². The van der Waals surface area contributed by atoms with Crippen LogP contribution in [-0.4, -0.2) is 47.3 Å². The maximum absolute atomic E-state index is 11.9. The zero-order valence-corrected chi connectivity index (χ0v) is 11.7. The topological polar surface area (TPSA) is 87.0 Å². The minimum absolute atomic E-state index is 0.244. The van der Waals surface area contributed by atoms with E-state index in [-0.39, 0.29) is 5.56 Å². The van der Waals surface area contributed by atoms with Crippen LogP contribution >= 0.6 is 0 Å². The summed E-state index contributed by atoms with van der Waals surface area (Å²) in [5.41, 5.74) is 0.102. The lowest BCUT2D eigenvalue weighted by Gasteiger charge is -2.09. The van der Waals surface area contributed by atoms with Crippen molar-refractivity contribution in [3.8, 4) is 0 Å². The van der Waals surface area contributed by atoms with Gasteiger partial charge in [0, 0.05) is 6.54 Å². The van der Waals surface area contributed by atoms with Crippen molar-refractivity contribution in [1.29, 1.82) is 0 Å². The van der Waals surface area contributed by atoms with E-state index in [1.54, 1.807) is 18.4 Å². The van der Waals surface area contributed by atoms with Crippen LogP contribution in [0.4, 0.5) is 5.95 Å². The van der Waals surface area contributed by atoms with Crippen molar-refractivity contribution in [3.05, 3.63) is 40.2 Å². The molecule has 2 aromatic rings. The molecule has 7 nitrogen and oxygen atoms in total. The van der Waals surface area contributed by atoms with Crippen molar-refractivity contribution in [2.45, 2.75) is 12.8 Å². The summed E-state index contributed by atoms with van der Waals surface area (Å²) in [6.07, 6.45) is 2.87. The van der Waals surface area contributed by atoms with Gasteiger partial charge >= 0.3 is 0 Å². The third kappa shape index (κ3) is 4.20. The molecule has 0 fully saturated rings. The number of anilines is 1. The fourth-order valence-corrected chi connectivity index (χ4v) is 1.74. The molecule has 0 amide bonds. The first-order valence-electron chi connectivity index (χ1n) is 6.52. The molecule has 20 heavy (non-hydrogen) atoms. The highest BCUT2D eigenvalue weighted by atomic mass is 16.3. The maximum Gasteiger partial charge on any atom is 0.274 e. The van der Waals surface area contributed by atoms with E-state index in [1.165, 1.54) is 0 Å². The number of rotatable bonds is 7. The smallest absolute Gasteiger partial charge is 0.274 e. The second kappa shape index (κ2) is 6.85. The molecule has 2 heterocycles. The molecular formula is C13H19N5O2. The molecule has 0 unspecified atom stereocenters. The van der Waals surface area contributed by atoms with Crippen LogP contribution in [0.5, 0.6) is 0 Å². The van der Waals surface area contributed by atoms with Gasteiger partial charge < -0.3 is 14.6 Å². The highest BCUT2D eigenvalue weighted by molar-refractivity contribution is 5.22. The summed E-state index contributed by atoms with van der Waals surface area (Å²) in [5.74, 6) is 1.09. The van der Waals surface area contributed by atoms with Crippen molar-refractivity contribution in [1.82, 2.24) is 20.1 Å². The van der Waals surface area contributed by atoms with Gasteiger partial charge in [0.1, 0.15) is 11.5 Å². The van der Waals surface area contributed by atoms with Gasteiger partial charge in [-0.15, -0.1) is 10.2 Å². The summed E-state index contributed by atoms with van der Waals surface area (Å²) in [4.78, 5) is 16.6. The van der Waals surface area contributed by atoms with Crippen molar-refractivity contribution in [2.24, 2.45) is 0 Å². The van der Waals surface area contributed by atoms with E-state index in [2.05, 4.69) is 25.4 Å². The molecule has 0 spiro atoms. The number of aromatic amines is 1. The lowest BCUT2D eigenvalue weighted by molar-refractivity contribution is 0.405. The summed E-state index contributed by atoms with van der Waals surface area (Å²) >= 11 is 0. The minimum Gasteiger partial charge on any atom is -0.469 e. The first kappa shape index (κ1) is 14.3. The van der Waals surface area contributed by atoms with Crippen LogP contribution in [0.15, 0.2) is 27.6 Å². The summed E-state index contributed by atoms with van der Waals surface area (Å²) in [6.45, 7) is 1.71. The molecule has 0 saturated carbocycles. The zero-order valence-electron chi connectivity index (χ0n) is 11.7. The second-order valence-corrected chi connectivity index (χ2v) is 4.79. The second-order valence-electron chi connectivity index (χ2n) is 4.79. The third-order valence-corrected chi connectivity index (χ3v) is 2.76. The van der Waals surface area contributed by atoms with Gasteiger partial charge in [0.15, 0.2) is 0 Å². The Morgan fingerprint density at radius 3 is 2.90 bits per heavy atom. The van der Waals surface area contributed by atoms with Crippen molar-refractivity contribution >= 4 is 5.95 Å². The Labute approximate surface area is 117 Å². The summed E-state index contributed by atoms with van der Waals surface area (Å²) < 4.78 is 5.18. The van der Waals surface area contributed by atoms with Gasteiger partial charge in [0.05, 0.1) is 12.7 Å². The molecule has 0 bridgehead atoms. The number of hydrogen-bond acceptors (Lipinski definition) is 6. The summed E-state index contributed by atoms with van der Waals surface area (Å²) in [5, 5.41) is 11.0. The van der Waals surface area contributed by atoms with Crippen LogP contribution in [0, 0.1) is 0 Å². The molecule has 0 radical (unpaired) electrons. The number of nitrogens with one attached hydrogen (secondary N) is 2. The molecule has 108 valence electrons. The molecule has 0 aliphatic carbocycles. The van der Waals surface area contributed by atoms with Crippen LogP contribution in [0.25, 0.3) is 0 Å². The standard InChI is InChI=1S/C13H19N5O2/c1-18(2)7-4-6-14-13-15-12(19)11(16-17-13)9-10-5-3-8-20-10/h3,5,8H,4,6-7,9H2,1-2H3,(H2,14,15,17,19). The largest absolute Gasteiger partial charge is 0.469 e. The number of nitrogens with zero attached hydrogens (tertiary/aromatic N) is 3. The summed E-state index contributed by atoms with van der Waals surface area (Å²) in [6, 6.07) is 3.58.